The van der Waals surface area contributed by atoms with Crippen molar-refractivity contribution in [1.29, 1.82) is 0 Å². The van der Waals surface area contributed by atoms with E-state index in [-0.39, 0.29) is 31.9 Å². The van der Waals surface area contributed by atoms with E-state index in [2.05, 4.69) is 10.6 Å². The summed E-state index contributed by atoms with van der Waals surface area (Å²) >= 11 is 31.2. The molecule has 1 fully saturated rings. The van der Waals surface area contributed by atoms with Gasteiger partial charge in [0.2, 0.25) is 5.91 Å². The highest BCUT2D eigenvalue weighted by atomic mass is 35.5. The van der Waals surface area contributed by atoms with Gasteiger partial charge >= 0.3 is 12.2 Å². The van der Waals surface area contributed by atoms with Crippen LogP contribution in [0.4, 0.5) is 35.4 Å². The Bertz CT molecular complexity index is 1790. The molecule has 4 amide bonds. The molecule has 3 aromatic carbocycles. The zero-order valence-electron chi connectivity index (χ0n) is 26.8. The standard InChI is InChI=1S/C33H30Cl5F2N3O6/c1-31(2,3)48-29(46)43(30(47)49-32(4,5)6)26-22(39)13-17(14-23(26)40)42-27(44)18-12-16(8-10-19(18)34)41-28(45)25-24(33(25,37)38)15-7-9-20(35)21(36)11-15/h7-14,24-25H,1-6H3,(H,41,45)(H,42,44). The van der Waals surface area contributed by atoms with Crippen molar-refractivity contribution in [3.05, 3.63) is 86.4 Å². The second-order valence-electron chi connectivity index (χ2n) is 13.0. The second kappa shape index (κ2) is 14.1. The molecule has 2 N–H and O–H groups in total. The second-order valence-corrected chi connectivity index (χ2v) is 15.7. The fourth-order valence-corrected chi connectivity index (χ4v) is 6.03. The number of ether oxygens (including phenoxy) is 2. The van der Waals surface area contributed by atoms with E-state index in [0.717, 1.165) is 0 Å². The average Bonchev–Trinajstić information content (AvgIpc) is 3.52. The molecule has 3 aromatic rings. The fourth-order valence-electron chi connectivity index (χ4n) is 4.69. The maximum Gasteiger partial charge on any atom is 0.424 e. The van der Waals surface area contributed by atoms with Gasteiger partial charge in [0, 0.05) is 17.3 Å². The highest BCUT2D eigenvalue weighted by Gasteiger charge is 2.67. The van der Waals surface area contributed by atoms with E-state index in [9.17, 15) is 19.2 Å². The van der Waals surface area contributed by atoms with E-state index in [1.165, 1.54) is 59.7 Å². The van der Waals surface area contributed by atoms with Crippen molar-refractivity contribution in [2.24, 2.45) is 5.92 Å². The minimum Gasteiger partial charge on any atom is -0.443 e. The first-order chi connectivity index (χ1) is 22.5. The van der Waals surface area contributed by atoms with Gasteiger partial charge in [-0.05, 0) is 89.6 Å². The average molecular weight is 780 g/mol. The number of benzene rings is 3. The van der Waals surface area contributed by atoms with Gasteiger partial charge in [0.15, 0.2) is 11.6 Å². The van der Waals surface area contributed by atoms with Crippen LogP contribution in [0.1, 0.15) is 63.4 Å². The van der Waals surface area contributed by atoms with Crippen molar-refractivity contribution in [3.8, 4) is 0 Å². The van der Waals surface area contributed by atoms with Gasteiger partial charge in [-0.2, -0.15) is 4.90 Å². The Labute approximate surface area is 306 Å². The zero-order chi connectivity index (χ0) is 36.8. The summed E-state index contributed by atoms with van der Waals surface area (Å²) in [5, 5.41) is 5.49. The summed E-state index contributed by atoms with van der Waals surface area (Å²) in [6.07, 6.45) is -2.78. The number of alkyl halides is 2. The molecule has 0 bridgehead atoms. The Morgan fingerprint density at radius 3 is 1.78 bits per heavy atom. The molecule has 1 saturated carbocycles. The Morgan fingerprint density at radius 1 is 0.735 bits per heavy atom. The predicted octanol–water partition coefficient (Wildman–Crippen LogP) is 10.4. The van der Waals surface area contributed by atoms with Crippen molar-refractivity contribution < 1.29 is 37.4 Å². The summed E-state index contributed by atoms with van der Waals surface area (Å²) < 4.78 is 39.9. The fraction of sp³-hybridized carbons (Fsp3) is 0.333. The summed E-state index contributed by atoms with van der Waals surface area (Å²) in [4.78, 5) is 52.3. The maximum absolute atomic E-state index is 15.5. The number of halogens is 7. The first-order valence-corrected chi connectivity index (χ1v) is 16.4. The lowest BCUT2D eigenvalue weighted by Crippen LogP contribution is -2.44. The lowest BCUT2D eigenvalue weighted by atomic mass is 10.1. The van der Waals surface area contributed by atoms with Crippen molar-refractivity contribution in [2.75, 3.05) is 15.5 Å². The number of amides is 4. The van der Waals surface area contributed by atoms with Crippen LogP contribution in [0.15, 0.2) is 48.5 Å². The Balaban J connectivity index is 1.55. The maximum atomic E-state index is 15.5. The van der Waals surface area contributed by atoms with Crippen molar-refractivity contribution in [3.63, 3.8) is 0 Å². The number of hydrogen-bond acceptors (Lipinski definition) is 6. The Hall–Kier alpha value is -3.35. The smallest absolute Gasteiger partial charge is 0.424 e. The van der Waals surface area contributed by atoms with Gasteiger partial charge in [-0.1, -0.05) is 40.9 Å². The molecule has 2 unspecified atom stereocenters. The first kappa shape index (κ1) is 38.5. The molecule has 0 spiro atoms. The SMILES string of the molecule is CC(C)(C)OC(=O)N(C(=O)OC(C)(C)C)c1c(F)cc(NC(=O)c2cc(NC(=O)C3C(c4ccc(Cl)c(Cl)c4)C3(Cl)Cl)ccc2Cl)cc1F. The van der Waals surface area contributed by atoms with Crippen LogP contribution in [0.2, 0.25) is 15.1 Å². The summed E-state index contributed by atoms with van der Waals surface area (Å²) in [6, 6.07) is 10.1. The lowest BCUT2D eigenvalue weighted by molar-refractivity contribution is -0.117. The number of nitrogens with one attached hydrogen (secondary N) is 2. The molecule has 0 radical (unpaired) electrons. The van der Waals surface area contributed by atoms with Gasteiger partial charge in [-0.3, -0.25) is 9.59 Å². The Morgan fingerprint density at radius 2 is 1.27 bits per heavy atom. The zero-order valence-corrected chi connectivity index (χ0v) is 30.6. The molecule has 0 heterocycles. The third-order valence-corrected chi connectivity index (χ3v) is 8.78. The molecule has 1 aliphatic carbocycles. The molecular formula is C33H30Cl5F2N3O6. The van der Waals surface area contributed by atoms with Gasteiger partial charge in [0.25, 0.3) is 5.91 Å². The van der Waals surface area contributed by atoms with E-state index in [0.29, 0.717) is 22.7 Å². The van der Waals surface area contributed by atoms with Crippen LogP contribution in [0.3, 0.4) is 0 Å². The molecular weight excluding hydrogens is 750 g/mol. The van der Waals surface area contributed by atoms with Crippen LogP contribution >= 0.6 is 58.0 Å². The third kappa shape index (κ3) is 9.07. The number of anilines is 3. The molecule has 16 heteroatoms. The third-order valence-electron chi connectivity index (χ3n) is 6.77. The van der Waals surface area contributed by atoms with Crippen LogP contribution in [-0.4, -0.2) is 39.5 Å². The summed E-state index contributed by atoms with van der Waals surface area (Å²) in [7, 11) is 0. The summed E-state index contributed by atoms with van der Waals surface area (Å²) in [5.74, 6) is -5.75. The van der Waals surface area contributed by atoms with E-state index in [4.69, 9.17) is 67.5 Å². The summed E-state index contributed by atoms with van der Waals surface area (Å²) in [5.41, 5.74) is -3.17. The highest BCUT2D eigenvalue weighted by Crippen LogP contribution is 2.65. The first-order valence-electron chi connectivity index (χ1n) is 14.5. The van der Waals surface area contributed by atoms with Crippen molar-refractivity contribution >= 4 is 99.1 Å². The van der Waals surface area contributed by atoms with E-state index >= 15 is 8.78 Å². The monoisotopic (exact) mass is 777 g/mol. The van der Waals surface area contributed by atoms with E-state index in [1.807, 2.05) is 0 Å². The molecule has 0 saturated heterocycles. The molecule has 4 rings (SSSR count). The van der Waals surface area contributed by atoms with Crippen LogP contribution in [0, 0.1) is 17.6 Å². The van der Waals surface area contributed by atoms with Gasteiger partial charge in [0.1, 0.15) is 21.2 Å². The number of rotatable bonds is 6. The van der Waals surface area contributed by atoms with Crippen LogP contribution in [-0.2, 0) is 14.3 Å². The van der Waals surface area contributed by atoms with Gasteiger partial charge in [-0.25, -0.2) is 18.4 Å². The van der Waals surface area contributed by atoms with E-state index < -0.39 is 68.7 Å². The minimum absolute atomic E-state index is 0.0572. The topological polar surface area (TPSA) is 114 Å². The number of carbonyl (C=O) groups is 4. The van der Waals surface area contributed by atoms with Crippen LogP contribution in [0.5, 0.6) is 0 Å². The minimum atomic E-state index is -1.45. The normalized spacial score (nSPS) is 16.8. The van der Waals surface area contributed by atoms with Gasteiger partial charge in [0.05, 0.1) is 26.5 Å². The quantitative estimate of drug-likeness (QED) is 0.241. The number of hydrogen-bond donors (Lipinski definition) is 2. The van der Waals surface area contributed by atoms with E-state index in [1.54, 1.807) is 18.2 Å². The molecule has 49 heavy (non-hydrogen) atoms. The summed E-state index contributed by atoms with van der Waals surface area (Å²) in [6.45, 7) is 8.99. The number of carbonyl (C=O) groups excluding carboxylic acids is 4. The number of imide groups is 1. The van der Waals surface area contributed by atoms with Crippen molar-refractivity contribution in [1.82, 2.24) is 0 Å². The van der Waals surface area contributed by atoms with Gasteiger partial charge in [-0.15, -0.1) is 23.2 Å². The molecule has 262 valence electrons. The highest BCUT2D eigenvalue weighted by molar-refractivity contribution is 6.53. The molecule has 9 nitrogen and oxygen atoms in total. The predicted molar refractivity (Wildman–Crippen MR) is 186 cm³/mol. The molecule has 0 aromatic heterocycles. The van der Waals surface area contributed by atoms with Crippen LogP contribution < -0.4 is 15.5 Å². The van der Waals surface area contributed by atoms with Gasteiger partial charge < -0.3 is 20.1 Å². The van der Waals surface area contributed by atoms with Crippen LogP contribution in [0.25, 0.3) is 0 Å². The molecule has 0 aliphatic heterocycles. The Kier molecular flexibility index (Phi) is 11.1. The number of nitrogens with zero attached hydrogens (tertiary/aromatic N) is 1. The largest absolute Gasteiger partial charge is 0.443 e. The molecule has 1 aliphatic rings. The molecule has 2 atom stereocenters. The van der Waals surface area contributed by atoms with Crippen molar-refractivity contribution in [2.45, 2.75) is 63.0 Å². The lowest BCUT2D eigenvalue weighted by Gasteiger charge is -2.29.